The van der Waals surface area contributed by atoms with Crippen LogP contribution >= 0.6 is 0 Å². The van der Waals surface area contributed by atoms with Gasteiger partial charge in [0.2, 0.25) is 0 Å². The van der Waals surface area contributed by atoms with Crippen molar-refractivity contribution in [1.29, 1.82) is 0 Å². The van der Waals surface area contributed by atoms with Crippen LogP contribution in [0.2, 0.25) is 0 Å². The van der Waals surface area contributed by atoms with Gasteiger partial charge in [-0.2, -0.15) is 9.61 Å². The Morgan fingerprint density at radius 2 is 2.26 bits per heavy atom. The number of unbranched alkanes of at least 4 members (excludes halogenated alkanes) is 1. The highest BCUT2D eigenvalue weighted by Crippen LogP contribution is 2.40. The van der Waals surface area contributed by atoms with E-state index in [-0.39, 0.29) is 5.97 Å². The molecule has 1 atom stereocenters. The number of aromatic nitrogens is 3. The number of esters is 1. The van der Waals surface area contributed by atoms with Crippen LogP contribution < -0.4 is 5.73 Å². The topological polar surface area (TPSA) is 91.7 Å². The third-order valence-corrected chi connectivity index (χ3v) is 5.06. The summed E-state index contributed by atoms with van der Waals surface area (Å²) in [5.41, 5.74) is 8.12. The van der Waals surface area contributed by atoms with E-state index in [2.05, 4.69) is 23.1 Å². The van der Waals surface area contributed by atoms with Crippen LogP contribution in [-0.2, 0) is 14.3 Å². The molecule has 0 bridgehead atoms. The Labute approximate surface area is 159 Å². The monoisotopic (exact) mass is 372 g/mol. The minimum atomic E-state index is -0.612. The molecule has 1 aliphatic rings. The Morgan fingerprint density at radius 1 is 1.41 bits per heavy atom. The molecule has 7 heteroatoms. The Hall–Kier alpha value is -2.41. The lowest BCUT2D eigenvalue weighted by Gasteiger charge is -2.33. The largest absolute Gasteiger partial charge is 0.465 e. The maximum absolute atomic E-state index is 12.6. The van der Waals surface area contributed by atoms with Gasteiger partial charge in [-0.15, -0.1) is 0 Å². The average Bonchev–Trinajstić information content (AvgIpc) is 3.15. The first kappa shape index (κ1) is 19.4. The van der Waals surface area contributed by atoms with Crippen LogP contribution in [0.1, 0.15) is 51.6 Å². The Bertz CT molecular complexity index is 830. The van der Waals surface area contributed by atoms with Gasteiger partial charge in [0, 0.05) is 18.7 Å². The van der Waals surface area contributed by atoms with Gasteiger partial charge in [-0.25, -0.2) is 4.98 Å². The van der Waals surface area contributed by atoms with Crippen molar-refractivity contribution in [1.82, 2.24) is 14.6 Å². The predicted octanol–water partition coefficient (Wildman–Crippen LogP) is 3.25. The van der Waals surface area contributed by atoms with Gasteiger partial charge in [0.15, 0.2) is 5.65 Å². The predicted molar refractivity (Wildman–Crippen MR) is 104 cm³/mol. The molecule has 0 radical (unpaired) electrons. The second-order valence-electron chi connectivity index (χ2n) is 7.01. The molecule has 0 saturated heterocycles. The molecule has 2 aromatic rings. The fourth-order valence-electron chi connectivity index (χ4n) is 3.40. The van der Waals surface area contributed by atoms with Crippen LogP contribution in [0.4, 0.5) is 5.82 Å². The molecule has 0 spiro atoms. The van der Waals surface area contributed by atoms with Crippen LogP contribution in [0.5, 0.6) is 0 Å². The lowest BCUT2D eigenvalue weighted by Crippen LogP contribution is -2.39. The standard InChI is InChI=1S/C20H28N4O3/c1-3-5-12-26-14-20(19(25)27-4-2)9-6-15(7-10-20)16-13-17(21)24-18(23-16)8-11-22-24/h6,8,11,13H,3-5,7,9-10,12,14,21H2,1-2H3. The van der Waals surface area contributed by atoms with Crippen molar-refractivity contribution in [3.8, 4) is 0 Å². The number of carbonyl (C=O) groups excluding carboxylic acids is 1. The summed E-state index contributed by atoms with van der Waals surface area (Å²) in [6, 6.07) is 3.66. The van der Waals surface area contributed by atoms with Crippen molar-refractivity contribution in [2.75, 3.05) is 25.6 Å². The van der Waals surface area contributed by atoms with Gasteiger partial charge in [0.25, 0.3) is 0 Å². The molecular formula is C20H28N4O3. The number of nitrogens with zero attached hydrogens (tertiary/aromatic N) is 3. The minimum Gasteiger partial charge on any atom is -0.465 e. The molecule has 0 saturated carbocycles. The molecule has 146 valence electrons. The number of hydrogen-bond donors (Lipinski definition) is 1. The molecule has 2 heterocycles. The molecular weight excluding hydrogens is 344 g/mol. The third kappa shape index (κ3) is 4.13. The van der Waals surface area contributed by atoms with E-state index >= 15 is 0 Å². The van der Waals surface area contributed by atoms with Crippen molar-refractivity contribution in [2.24, 2.45) is 5.41 Å². The number of fused-ring (bicyclic) bond motifs is 1. The summed E-state index contributed by atoms with van der Waals surface area (Å²) in [5.74, 6) is 0.376. The maximum atomic E-state index is 12.6. The highest BCUT2D eigenvalue weighted by Gasteiger charge is 2.41. The zero-order chi connectivity index (χ0) is 19.3. The number of ether oxygens (including phenoxy) is 2. The summed E-state index contributed by atoms with van der Waals surface area (Å²) in [6.45, 7) is 5.40. The van der Waals surface area contributed by atoms with Gasteiger partial charge in [-0.1, -0.05) is 19.4 Å². The van der Waals surface area contributed by atoms with Gasteiger partial charge in [0.05, 0.1) is 30.5 Å². The van der Waals surface area contributed by atoms with Gasteiger partial charge in [-0.05, 0) is 38.2 Å². The summed E-state index contributed by atoms with van der Waals surface area (Å²) < 4.78 is 12.8. The van der Waals surface area contributed by atoms with Crippen LogP contribution in [-0.4, -0.2) is 40.4 Å². The molecule has 27 heavy (non-hydrogen) atoms. The van der Waals surface area contributed by atoms with Crippen LogP contribution in [0.3, 0.4) is 0 Å². The summed E-state index contributed by atoms with van der Waals surface area (Å²) >= 11 is 0. The van der Waals surface area contributed by atoms with Gasteiger partial charge in [0.1, 0.15) is 5.82 Å². The van der Waals surface area contributed by atoms with E-state index < -0.39 is 5.41 Å². The van der Waals surface area contributed by atoms with E-state index in [0.29, 0.717) is 38.5 Å². The number of rotatable bonds is 8. The molecule has 1 unspecified atom stereocenters. The molecule has 1 aliphatic carbocycles. The minimum absolute atomic E-state index is 0.171. The molecule has 2 N–H and O–H groups in total. The third-order valence-electron chi connectivity index (χ3n) is 5.06. The summed E-state index contributed by atoms with van der Waals surface area (Å²) in [5, 5.41) is 4.15. The lowest BCUT2D eigenvalue weighted by atomic mass is 9.75. The maximum Gasteiger partial charge on any atom is 0.314 e. The molecule has 0 amide bonds. The van der Waals surface area contributed by atoms with Crippen molar-refractivity contribution >= 4 is 23.0 Å². The van der Waals surface area contributed by atoms with Crippen LogP contribution in [0.25, 0.3) is 11.2 Å². The lowest BCUT2D eigenvalue weighted by molar-refractivity contribution is -0.160. The summed E-state index contributed by atoms with van der Waals surface area (Å²) in [7, 11) is 0. The highest BCUT2D eigenvalue weighted by molar-refractivity contribution is 5.79. The van der Waals surface area contributed by atoms with E-state index in [1.165, 1.54) is 0 Å². The molecule has 2 aromatic heterocycles. The van der Waals surface area contributed by atoms with Crippen molar-refractivity contribution < 1.29 is 14.3 Å². The van der Waals surface area contributed by atoms with E-state index in [4.69, 9.17) is 15.2 Å². The van der Waals surface area contributed by atoms with Crippen molar-refractivity contribution in [3.63, 3.8) is 0 Å². The van der Waals surface area contributed by atoms with Gasteiger partial charge < -0.3 is 15.2 Å². The Balaban J connectivity index is 1.79. The molecule has 7 nitrogen and oxygen atoms in total. The van der Waals surface area contributed by atoms with Crippen molar-refractivity contribution in [3.05, 3.63) is 30.1 Å². The Morgan fingerprint density at radius 3 is 2.96 bits per heavy atom. The zero-order valence-electron chi connectivity index (χ0n) is 16.1. The fraction of sp³-hybridized carbons (Fsp3) is 0.550. The molecule has 0 fully saturated rings. The number of carbonyl (C=O) groups is 1. The quantitative estimate of drug-likeness (QED) is 0.565. The summed E-state index contributed by atoms with van der Waals surface area (Å²) in [6.07, 6.45) is 7.81. The smallest absolute Gasteiger partial charge is 0.314 e. The number of nitrogen functional groups attached to an aromatic ring is 1. The van der Waals surface area contributed by atoms with E-state index in [0.717, 1.165) is 36.2 Å². The normalized spacial score (nSPS) is 19.9. The first-order valence-electron chi connectivity index (χ1n) is 9.64. The second-order valence-corrected chi connectivity index (χ2v) is 7.01. The van der Waals surface area contributed by atoms with E-state index in [9.17, 15) is 4.79 Å². The number of nitrogens with two attached hydrogens (primary N) is 1. The zero-order valence-corrected chi connectivity index (χ0v) is 16.1. The van der Waals surface area contributed by atoms with Crippen molar-refractivity contribution in [2.45, 2.75) is 46.0 Å². The van der Waals surface area contributed by atoms with Gasteiger partial charge >= 0.3 is 5.97 Å². The first-order valence-corrected chi connectivity index (χ1v) is 9.64. The first-order chi connectivity index (χ1) is 13.1. The summed E-state index contributed by atoms with van der Waals surface area (Å²) in [4.78, 5) is 17.3. The highest BCUT2D eigenvalue weighted by atomic mass is 16.5. The number of anilines is 1. The van der Waals surface area contributed by atoms with Crippen LogP contribution in [0, 0.1) is 5.41 Å². The second kappa shape index (κ2) is 8.52. The van der Waals surface area contributed by atoms with E-state index in [1.54, 1.807) is 10.7 Å². The number of hydrogen-bond acceptors (Lipinski definition) is 6. The van der Waals surface area contributed by atoms with Crippen LogP contribution in [0.15, 0.2) is 24.4 Å². The number of allylic oxidation sites excluding steroid dienone is 2. The Kier molecular flexibility index (Phi) is 6.11. The van der Waals surface area contributed by atoms with Gasteiger partial charge in [-0.3, -0.25) is 4.79 Å². The SMILES string of the molecule is CCCCOCC1(C(=O)OCC)CC=C(c2cc(N)n3nccc3n2)CC1. The fourth-order valence-corrected chi connectivity index (χ4v) is 3.40. The molecule has 0 aliphatic heterocycles. The average molecular weight is 372 g/mol. The molecule has 3 rings (SSSR count). The molecule has 0 aromatic carbocycles. The van der Waals surface area contributed by atoms with E-state index in [1.807, 2.05) is 19.1 Å².